The molecule has 3 rings (SSSR count). The zero-order valence-corrected chi connectivity index (χ0v) is 17.4. The number of carbonyl (C=O) groups is 2. The van der Waals surface area contributed by atoms with Crippen molar-refractivity contribution in [3.8, 4) is 0 Å². The molecular weight excluding hydrogens is 378 g/mol. The Hall–Kier alpha value is -2.13. The van der Waals surface area contributed by atoms with Gasteiger partial charge in [0.15, 0.2) is 10.9 Å². The van der Waals surface area contributed by atoms with Gasteiger partial charge >= 0.3 is 0 Å². The van der Waals surface area contributed by atoms with Crippen LogP contribution in [0, 0.1) is 13.8 Å². The van der Waals surface area contributed by atoms with Crippen molar-refractivity contribution in [2.75, 3.05) is 12.4 Å². The van der Waals surface area contributed by atoms with E-state index in [-0.39, 0.29) is 30.0 Å². The number of ketones is 1. The van der Waals surface area contributed by atoms with Crippen LogP contribution < -0.4 is 5.73 Å². The van der Waals surface area contributed by atoms with Crippen LogP contribution in [-0.4, -0.2) is 49.5 Å². The number of ether oxygens (including phenoxy) is 1. The number of nitrogens with two attached hydrogens (primary N) is 1. The van der Waals surface area contributed by atoms with Crippen LogP contribution in [-0.2, 0) is 29.5 Å². The molecule has 9 heteroatoms. The van der Waals surface area contributed by atoms with Gasteiger partial charge in [-0.05, 0) is 32.8 Å². The summed E-state index contributed by atoms with van der Waals surface area (Å²) in [6.45, 7) is 5.64. The number of hydrogen-bond acceptors (Lipinski definition) is 6. The zero-order chi connectivity index (χ0) is 20.3. The Morgan fingerprint density at radius 1 is 1.36 bits per heavy atom. The van der Waals surface area contributed by atoms with Gasteiger partial charge < -0.3 is 19.6 Å². The largest absolute Gasteiger partial charge is 0.376 e. The molecule has 8 nitrogen and oxygen atoms in total. The SMILES string of the molecule is Cc1cc(C(=O)CSc2nnc(CCC(N)=O)n2C)c(C)n1C[C@H]1CCCO1. The highest BCUT2D eigenvalue weighted by molar-refractivity contribution is 7.99. The summed E-state index contributed by atoms with van der Waals surface area (Å²) in [7, 11) is 1.83. The van der Waals surface area contributed by atoms with Crippen molar-refractivity contribution in [3.05, 3.63) is 28.8 Å². The quantitative estimate of drug-likeness (QED) is 0.504. The van der Waals surface area contributed by atoms with Crippen LogP contribution in [0.4, 0.5) is 0 Å². The van der Waals surface area contributed by atoms with Gasteiger partial charge in [0.05, 0.1) is 11.9 Å². The summed E-state index contributed by atoms with van der Waals surface area (Å²) < 4.78 is 9.72. The van der Waals surface area contributed by atoms with Crippen LogP contribution in [0.25, 0.3) is 0 Å². The van der Waals surface area contributed by atoms with Gasteiger partial charge in [0.1, 0.15) is 5.82 Å². The highest BCUT2D eigenvalue weighted by Crippen LogP contribution is 2.23. The molecule has 1 amide bonds. The molecule has 1 saturated heterocycles. The maximum atomic E-state index is 12.8. The Kier molecular flexibility index (Phi) is 6.56. The van der Waals surface area contributed by atoms with E-state index in [1.54, 1.807) is 0 Å². The van der Waals surface area contributed by atoms with Gasteiger partial charge in [-0.1, -0.05) is 11.8 Å². The van der Waals surface area contributed by atoms with Crippen LogP contribution in [0.2, 0.25) is 0 Å². The second kappa shape index (κ2) is 8.91. The van der Waals surface area contributed by atoms with E-state index in [0.29, 0.717) is 17.4 Å². The molecule has 3 heterocycles. The smallest absolute Gasteiger partial charge is 0.217 e. The number of aryl methyl sites for hydroxylation is 2. The first-order chi connectivity index (χ1) is 13.4. The van der Waals surface area contributed by atoms with Crippen molar-refractivity contribution in [2.45, 2.75) is 57.3 Å². The lowest BCUT2D eigenvalue weighted by molar-refractivity contribution is -0.118. The summed E-state index contributed by atoms with van der Waals surface area (Å²) in [4.78, 5) is 23.7. The molecule has 2 aromatic heterocycles. The first-order valence-electron chi connectivity index (χ1n) is 9.47. The minimum Gasteiger partial charge on any atom is -0.376 e. The number of amides is 1. The first-order valence-corrected chi connectivity index (χ1v) is 10.5. The minimum atomic E-state index is -0.370. The Morgan fingerprint density at radius 3 is 2.82 bits per heavy atom. The maximum absolute atomic E-state index is 12.8. The third kappa shape index (κ3) is 4.64. The number of thioether (sulfide) groups is 1. The minimum absolute atomic E-state index is 0.0679. The molecule has 28 heavy (non-hydrogen) atoms. The van der Waals surface area contributed by atoms with Crippen LogP contribution in [0.5, 0.6) is 0 Å². The fraction of sp³-hybridized carbons (Fsp3) is 0.579. The average Bonchev–Trinajstić information content (AvgIpc) is 3.35. The molecule has 1 aliphatic rings. The number of nitrogens with zero attached hydrogens (tertiary/aromatic N) is 4. The maximum Gasteiger partial charge on any atom is 0.217 e. The van der Waals surface area contributed by atoms with Crippen molar-refractivity contribution >= 4 is 23.5 Å². The standard InChI is InChI=1S/C19H27N5O3S/c1-12-9-15(13(2)24(12)10-14-5-4-8-27-14)16(25)11-28-19-22-21-18(23(19)3)7-6-17(20)26/h9,14H,4-8,10-11H2,1-3H3,(H2,20,26)/t14-/m1/s1. The predicted molar refractivity (Wildman–Crippen MR) is 106 cm³/mol. The number of primary amides is 1. The van der Waals surface area contributed by atoms with Crippen LogP contribution in [0.3, 0.4) is 0 Å². The lowest BCUT2D eigenvalue weighted by Gasteiger charge is -2.14. The lowest BCUT2D eigenvalue weighted by Crippen LogP contribution is -2.17. The number of hydrogen-bond donors (Lipinski definition) is 1. The second-order valence-electron chi connectivity index (χ2n) is 7.17. The van der Waals surface area contributed by atoms with Crippen molar-refractivity contribution in [1.29, 1.82) is 0 Å². The van der Waals surface area contributed by atoms with E-state index in [0.717, 1.165) is 42.9 Å². The van der Waals surface area contributed by atoms with Gasteiger partial charge in [0, 0.05) is 50.0 Å². The topological polar surface area (TPSA) is 105 Å². The molecule has 0 bridgehead atoms. The van der Waals surface area contributed by atoms with Crippen molar-refractivity contribution in [1.82, 2.24) is 19.3 Å². The van der Waals surface area contributed by atoms with Gasteiger partial charge in [-0.2, -0.15) is 0 Å². The Bertz CT molecular complexity index is 867. The van der Waals surface area contributed by atoms with Crippen LogP contribution >= 0.6 is 11.8 Å². The van der Waals surface area contributed by atoms with Crippen LogP contribution in [0.1, 0.15) is 46.8 Å². The summed E-state index contributed by atoms with van der Waals surface area (Å²) >= 11 is 1.35. The molecule has 0 radical (unpaired) electrons. The van der Waals surface area contributed by atoms with Gasteiger partial charge in [-0.25, -0.2) is 0 Å². The van der Waals surface area contributed by atoms with Gasteiger partial charge in [-0.3, -0.25) is 9.59 Å². The molecule has 152 valence electrons. The summed E-state index contributed by atoms with van der Waals surface area (Å²) in [6.07, 6.45) is 3.08. The fourth-order valence-electron chi connectivity index (χ4n) is 3.49. The molecule has 0 aliphatic carbocycles. The molecule has 0 unspecified atom stereocenters. The molecule has 1 aliphatic heterocycles. The van der Waals surface area contributed by atoms with E-state index in [2.05, 4.69) is 14.8 Å². The van der Waals surface area contributed by atoms with E-state index < -0.39 is 0 Å². The van der Waals surface area contributed by atoms with E-state index in [4.69, 9.17) is 10.5 Å². The van der Waals surface area contributed by atoms with Crippen molar-refractivity contribution in [3.63, 3.8) is 0 Å². The number of Topliss-reactive ketones (excluding diaryl/α,β-unsaturated/α-hetero) is 1. The number of aromatic nitrogens is 4. The highest BCUT2D eigenvalue weighted by Gasteiger charge is 2.21. The molecule has 1 atom stereocenters. The van der Waals surface area contributed by atoms with Gasteiger partial charge in [-0.15, -0.1) is 10.2 Å². The Balaban J connectivity index is 1.63. The van der Waals surface area contributed by atoms with E-state index in [1.807, 2.05) is 31.5 Å². The van der Waals surface area contributed by atoms with Crippen molar-refractivity contribution in [2.24, 2.45) is 12.8 Å². The van der Waals surface area contributed by atoms with E-state index in [1.165, 1.54) is 11.8 Å². The number of rotatable bonds is 9. The predicted octanol–water partition coefficient (Wildman–Crippen LogP) is 1.81. The zero-order valence-electron chi connectivity index (χ0n) is 16.6. The molecule has 2 aromatic rings. The Labute approximate surface area is 168 Å². The summed E-state index contributed by atoms with van der Waals surface area (Å²) in [5.41, 5.74) is 8.00. The Morgan fingerprint density at radius 2 is 2.14 bits per heavy atom. The fourth-order valence-corrected chi connectivity index (χ4v) is 4.30. The molecule has 0 spiro atoms. The first kappa shape index (κ1) is 20.6. The third-order valence-electron chi connectivity index (χ3n) is 5.14. The van der Waals surface area contributed by atoms with E-state index in [9.17, 15) is 9.59 Å². The van der Waals surface area contributed by atoms with Crippen molar-refractivity contribution < 1.29 is 14.3 Å². The average molecular weight is 406 g/mol. The van der Waals surface area contributed by atoms with E-state index >= 15 is 0 Å². The van der Waals surface area contributed by atoms with Gasteiger partial charge in [0.25, 0.3) is 0 Å². The number of carbonyl (C=O) groups excluding carboxylic acids is 2. The van der Waals surface area contributed by atoms with Gasteiger partial charge in [0.2, 0.25) is 5.91 Å². The molecule has 1 fully saturated rings. The molecule has 0 aromatic carbocycles. The van der Waals surface area contributed by atoms with Crippen LogP contribution in [0.15, 0.2) is 11.2 Å². The summed E-state index contributed by atoms with van der Waals surface area (Å²) in [5.74, 6) is 0.666. The molecule has 2 N–H and O–H groups in total. The normalized spacial score (nSPS) is 16.6. The highest BCUT2D eigenvalue weighted by atomic mass is 32.2. The molecule has 0 saturated carbocycles. The molecular formula is C19H27N5O3S. The third-order valence-corrected chi connectivity index (χ3v) is 6.16. The second-order valence-corrected chi connectivity index (χ2v) is 8.11. The summed E-state index contributed by atoms with van der Waals surface area (Å²) in [5, 5.41) is 8.86. The lowest BCUT2D eigenvalue weighted by atomic mass is 10.2. The summed E-state index contributed by atoms with van der Waals surface area (Å²) in [6, 6.07) is 1.96. The monoisotopic (exact) mass is 405 g/mol.